The molecule has 1 unspecified atom stereocenters. The standard InChI is InChI=1S/C24H28F3NO4/c1-3-31-20-9-8-18(15-21(20)32-4-2)22(28-12-10-16(11-13-28)23(29)30)17-6-5-7-19(14-17)24(25,26)27/h5-9,14-16,22H,3-4,10-13H2,1-2H3,(H,29,30). The van der Waals surface area contributed by atoms with Gasteiger partial charge in [0.25, 0.3) is 0 Å². The number of aliphatic carboxylic acids is 1. The molecule has 1 aliphatic rings. The lowest BCUT2D eigenvalue weighted by molar-refractivity contribution is -0.143. The molecule has 2 aromatic carbocycles. The number of likely N-dealkylation sites (tertiary alicyclic amines) is 1. The van der Waals surface area contributed by atoms with Crippen molar-refractivity contribution in [2.75, 3.05) is 26.3 Å². The molecule has 0 aliphatic carbocycles. The molecule has 8 heteroatoms. The van der Waals surface area contributed by atoms with E-state index in [2.05, 4.69) is 0 Å². The van der Waals surface area contributed by atoms with E-state index in [4.69, 9.17) is 9.47 Å². The second-order valence-corrected chi connectivity index (χ2v) is 7.75. The summed E-state index contributed by atoms with van der Waals surface area (Å²) in [6.45, 7) is 5.52. The number of rotatable bonds is 8. The van der Waals surface area contributed by atoms with E-state index in [1.165, 1.54) is 12.1 Å². The van der Waals surface area contributed by atoms with E-state index in [0.717, 1.165) is 11.6 Å². The van der Waals surface area contributed by atoms with Crippen LogP contribution >= 0.6 is 0 Å². The summed E-state index contributed by atoms with van der Waals surface area (Å²) in [5.41, 5.74) is 0.557. The molecule has 0 aromatic heterocycles. The van der Waals surface area contributed by atoms with Gasteiger partial charge in [-0.25, -0.2) is 0 Å². The van der Waals surface area contributed by atoms with E-state index in [1.54, 1.807) is 12.1 Å². The molecule has 1 atom stereocenters. The van der Waals surface area contributed by atoms with E-state index < -0.39 is 29.7 Å². The second kappa shape index (κ2) is 10.3. The summed E-state index contributed by atoms with van der Waals surface area (Å²) < 4.78 is 51.6. The highest BCUT2D eigenvalue weighted by molar-refractivity contribution is 5.70. The van der Waals surface area contributed by atoms with Crippen LogP contribution in [0.3, 0.4) is 0 Å². The summed E-state index contributed by atoms with van der Waals surface area (Å²) in [4.78, 5) is 13.4. The molecule has 2 aromatic rings. The molecule has 174 valence electrons. The summed E-state index contributed by atoms with van der Waals surface area (Å²) in [5, 5.41) is 9.33. The predicted octanol–water partition coefficient (Wildman–Crippen LogP) is 5.39. The predicted molar refractivity (Wildman–Crippen MR) is 114 cm³/mol. The van der Waals surface area contributed by atoms with Gasteiger partial charge in [-0.1, -0.05) is 18.2 Å². The molecule has 0 radical (unpaired) electrons. The Morgan fingerprint density at radius 3 is 2.25 bits per heavy atom. The average molecular weight is 451 g/mol. The number of carboxylic acids is 1. The van der Waals surface area contributed by atoms with Crippen molar-refractivity contribution in [3.8, 4) is 11.5 Å². The van der Waals surface area contributed by atoms with Crippen molar-refractivity contribution >= 4 is 5.97 Å². The van der Waals surface area contributed by atoms with Gasteiger partial charge < -0.3 is 14.6 Å². The van der Waals surface area contributed by atoms with Gasteiger partial charge >= 0.3 is 12.1 Å². The minimum absolute atomic E-state index is 0.418. The number of benzene rings is 2. The number of nitrogens with zero attached hydrogens (tertiary/aromatic N) is 1. The third-order valence-electron chi connectivity index (χ3n) is 5.66. The average Bonchev–Trinajstić information content (AvgIpc) is 2.76. The minimum atomic E-state index is -4.45. The highest BCUT2D eigenvalue weighted by Crippen LogP contribution is 2.39. The SMILES string of the molecule is CCOc1ccc(C(c2cccc(C(F)(F)F)c2)N2CCC(C(=O)O)CC2)cc1OCC. The lowest BCUT2D eigenvalue weighted by atomic mass is 9.90. The largest absolute Gasteiger partial charge is 0.490 e. The van der Waals surface area contributed by atoms with E-state index in [-0.39, 0.29) is 0 Å². The molecular formula is C24H28F3NO4. The molecule has 32 heavy (non-hydrogen) atoms. The second-order valence-electron chi connectivity index (χ2n) is 7.75. The Bertz CT molecular complexity index is 924. The maximum Gasteiger partial charge on any atom is 0.416 e. The zero-order chi connectivity index (χ0) is 23.3. The first-order valence-corrected chi connectivity index (χ1v) is 10.8. The summed E-state index contributed by atoms with van der Waals surface area (Å²) in [5.74, 6) is -0.164. The van der Waals surface area contributed by atoms with Gasteiger partial charge in [-0.2, -0.15) is 13.2 Å². The van der Waals surface area contributed by atoms with Crippen molar-refractivity contribution in [3.63, 3.8) is 0 Å². The van der Waals surface area contributed by atoms with Crippen LogP contribution in [0, 0.1) is 5.92 Å². The number of carbonyl (C=O) groups is 1. The fourth-order valence-electron chi connectivity index (χ4n) is 4.14. The third-order valence-corrected chi connectivity index (χ3v) is 5.66. The van der Waals surface area contributed by atoms with E-state index >= 15 is 0 Å². The first kappa shape index (κ1) is 23.9. The Balaban J connectivity index is 2.04. The van der Waals surface area contributed by atoms with Crippen LogP contribution in [-0.4, -0.2) is 42.3 Å². The maximum absolute atomic E-state index is 13.4. The number of piperidine rings is 1. The molecule has 1 heterocycles. The van der Waals surface area contributed by atoms with Gasteiger partial charge in [0.1, 0.15) is 0 Å². The maximum atomic E-state index is 13.4. The van der Waals surface area contributed by atoms with Crippen LogP contribution in [0.5, 0.6) is 11.5 Å². The Labute approximate surface area is 185 Å². The van der Waals surface area contributed by atoms with E-state index in [1.807, 2.05) is 30.9 Å². The van der Waals surface area contributed by atoms with Gasteiger partial charge in [-0.3, -0.25) is 9.69 Å². The number of hydrogen-bond acceptors (Lipinski definition) is 4. The van der Waals surface area contributed by atoms with Crippen LogP contribution in [-0.2, 0) is 11.0 Å². The molecule has 3 rings (SSSR count). The van der Waals surface area contributed by atoms with Crippen LogP contribution in [0.1, 0.15) is 49.4 Å². The van der Waals surface area contributed by atoms with Crippen molar-refractivity contribution < 1.29 is 32.5 Å². The van der Waals surface area contributed by atoms with Gasteiger partial charge in [-0.05, 0) is 75.2 Å². The molecule has 5 nitrogen and oxygen atoms in total. The number of hydrogen-bond donors (Lipinski definition) is 1. The smallest absolute Gasteiger partial charge is 0.416 e. The zero-order valence-electron chi connectivity index (χ0n) is 18.2. The lowest BCUT2D eigenvalue weighted by Gasteiger charge is -2.37. The van der Waals surface area contributed by atoms with Crippen molar-refractivity contribution in [3.05, 3.63) is 59.2 Å². The fraction of sp³-hybridized carbons (Fsp3) is 0.458. The number of alkyl halides is 3. The number of ether oxygens (including phenoxy) is 2. The molecular weight excluding hydrogens is 423 g/mol. The van der Waals surface area contributed by atoms with Crippen LogP contribution in [0.2, 0.25) is 0 Å². The molecule has 0 bridgehead atoms. The first-order valence-electron chi connectivity index (χ1n) is 10.8. The molecule has 0 amide bonds. The number of halogens is 3. The van der Waals surface area contributed by atoms with Gasteiger partial charge in [0.15, 0.2) is 11.5 Å². The summed E-state index contributed by atoms with van der Waals surface area (Å²) in [6, 6.07) is 10.3. The van der Waals surface area contributed by atoms with Gasteiger partial charge in [0.2, 0.25) is 0 Å². The summed E-state index contributed by atoms with van der Waals surface area (Å²) in [7, 11) is 0. The fourth-order valence-corrected chi connectivity index (χ4v) is 4.14. The number of carboxylic acid groups (broad SMARTS) is 1. The van der Waals surface area contributed by atoms with Crippen LogP contribution in [0.15, 0.2) is 42.5 Å². The van der Waals surface area contributed by atoms with Crippen molar-refractivity contribution in [2.24, 2.45) is 5.92 Å². The highest BCUT2D eigenvalue weighted by Gasteiger charge is 2.34. The van der Waals surface area contributed by atoms with Crippen LogP contribution < -0.4 is 9.47 Å². The lowest BCUT2D eigenvalue weighted by Crippen LogP contribution is -2.39. The quantitative estimate of drug-likeness (QED) is 0.583. The van der Waals surface area contributed by atoms with Crippen molar-refractivity contribution in [1.82, 2.24) is 4.90 Å². The normalized spacial score (nSPS) is 16.5. The minimum Gasteiger partial charge on any atom is -0.490 e. The molecule has 1 fully saturated rings. The Morgan fingerprint density at radius 2 is 1.66 bits per heavy atom. The molecule has 1 saturated heterocycles. The van der Waals surface area contributed by atoms with Crippen molar-refractivity contribution in [2.45, 2.75) is 38.9 Å². The van der Waals surface area contributed by atoms with Crippen LogP contribution in [0.4, 0.5) is 13.2 Å². The zero-order valence-corrected chi connectivity index (χ0v) is 18.2. The van der Waals surface area contributed by atoms with E-state index in [9.17, 15) is 23.1 Å². The molecule has 0 saturated carbocycles. The Kier molecular flexibility index (Phi) is 7.66. The molecule has 0 spiro atoms. The monoisotopic (exact) mass is 451 g/mol. The van der Waals surface area contributed by atoms with Gasteiger partial charge in [0.05, 0.1) is 30.7 Å². The summed E-state index contributed by atoms with van der Waals surface area (Å²) >= 11 is 0. The molecule has 1 N–H and O–H groups in total. The van der Waals surface area contributed by atoms with Crippen molar-refractivity contribution in [1.29, 1.82) is 0 Å². The topological polar surface area (TPSA) is 59.0 Å². The highest BCUT2D eigenvalue weighted by atomic mass is 19.4. The van der Waals surface area contributed by atoms with Crippen LogP contribution in [0.25, 0.3) is 0 Å². The molecule has 1 aliphatic heterocycles. The Morgan fingerprint density at radius 1 is 1.03 bits per heavy atom. The van der Waals surface area contributed by atoms with Gasteiger partial charge in [-0.15, -0.1) is 0 Å². The first-order chi connectivity index (χ1) is 15.2. The summed E-state index contributed by atoms with van der Waals surface area (Å²) in [6.07, 6.45) is -3.56. The third kappa shape index (κ3) is 5.54. The van der Waals surface area contributed by atoms with E-state index in [0.29, 0.717) is 56.2 Å². The Hall–Kier alpha value is -2.74. The van der Waals surface area contributed by atoms with Gasteiger partial charge in [0, 0.05) is 0 Å².